The summed E-state index contributed by atoms with van der Waals surface area (Å²) in [5.74, 6) is 0. The van der Waals surface area contributed by atoms with Crippen molar-refractivity contribution in [2.45, 2.75) is 52.2 Å². The van der Waals surface area contributed by atoms with Gasteiger partial charge in [0.1, 0.15) is 0 Å². The van der Waals surface area contributed by atoms with E-state index in [4.69, 9.17) is 0 Å². The number of hydrogen-bond acceptors (Lipinski definition) is 2. The molecule has 0 spiro atoms. The van der Waals surface area contributed by atoms with Crippen LogP contribution in [0.1, 0.15) is 37.5 Å². The number of para-hydroxylation sites is 2. The zero-order chi connectivity index (χ0) is 37.9. The lowest BCUT2D eigenvalue weighted by atomic mass is 9.81. The molecule has 1 aliphatic carbocycles. The molecule has 0 atom stereocenters. The average molecular weight is 729 g/mol. The van der Waals surface area contributed by atoms with Crippen LogP contribution in [0.2, 0.25) is 19.6 Å². The molecule has 0 saturated heterocycles. The first-order valence-electron chi connectivity index (χ1n) is 19.7. The summed E-state index contributed by atoms with van der Waals surface area (Å²) in [4.78, 5) is 4.91. The first kappa shape index (κ1) is 34.8. The molecule has 8 aromatic carbocycles. The second-order valence-electron chi connectivity index (χ2n) is 16.5. The third-order valence-corrected chi connectivity index (χ3v) is 13.8. The maximum atomic E-state index is 2.54. The van der Waals surface area contributed by atoms with Crippen LogP contribution >= 0.6 is 0 Å². The van der Waals surface area contributed by atoms with Crippen molar-refractivity contribution < 1.29 is 0 Å². The third kappa shape index (κ3) is 5.86. The molecule has 0 radical (unpaired) electrons. The third-order valence-electron chi connectivity index (χ3n) is 11.7. The van der Waals surface area contributed by atoms with Crippen molar-refractivity contribution in [3.63, 3.8) is 0 Å². The summed E-state index contributed by atoms with van der Waals surface area (Å²) in [6.45, 7) is 14.4. The smallest absolute Gasteiger partial charge is 0.0784 e. The molecule has 2 nitrogen and oxygen atoms in total. The van der Waals surface area contributed by atoms with E-state index in [1.54, 1.807) is 0 Å². The number of fused-ring (bicyclic) bond motifs is 6. The van der Waals surface area contributed by atoms with Gasteiger partial charge in [0, 0.05) is 38.9 Å². The van der Waals surface area contributed by atoms with Crippen molar-refractivity contribution in [3.8, 4) is 11.1 Å². The van der Waals surface area contributed by atoms with Crippen molar-refractivity contribution in [1.82, 2.24) is 0 Å². The van der Waals surface area contributed by atoms with Crippen LogP contribution in [0.15, 0.2) is 170 Å². The van der Waals surface area contributed by atoms with Gasteiger partial charge < -0.3 is 9.80 Å². The second-order valence-corrected chi connectivity index (χ2v) is 21.5. The molecule has 8 aromatic rings. The largest absolute Gasteiger partial charge is 0.310 e. The lowest BCUT2D eigenvalue weighted by Crippen LogP contribution is -2.38. The lowest BCUT2D eigenvalue weighted by Gasteiger charge is -2.32. The summed E-state index contributed by atoms with van der Waals surface area (Å²) in [6.07, 6.45) is 1.01. The van der Waals surface area contributed by atoms with Gasteiger partial charge in [-0.1, -0.05) is 155 Å². The van der Waals surface area contributed by atoms with Gasteiger partial charge in [0.25, 0.3) is 0 Å². The van der Waals surface area contributed by atoms with E-state index in [9.17, 15) is 0 Å². The Hall–Kier alpha value is -5.90. The number of anilines is 6. The van der Waals surface area contributed by atoms with Gasteiger partial charge in [-0.15, -0.1) is 0 Å². The molecule has 270 valence electrons. The van der Waals surface area contributed by atoms with Crippen molar-refractivity contribution in [1.29, 1.82) is 0 Å². The normalized spacial score (nSPS) is 13.1. The Labute approximate surface area is 327 Å². The highest BCUT2D eigenvalue weighted by atomic mass is 28.3. The lowest BCUT2D eigenvalue weighted by molar-refractivity contribution is 0.661. The monoisotopic (exact) mass is 728 g/mol. The average Bonchev–Trinajstić information content (AvgIpc) is 3.44. The molecule has 0 bridgehead atoms. The summed E-state index contributed by atoms with van der Waals surface area (Å²) < 4.78 is 0. The highest BCUT2D eigenvalue weighted by Gasteiger charge is 2.39. The summed E-state index contributed by atoms with van der Waals surface area (Å²) >= 11 is 0. The molecule has 0 fully saturated rings. The molecule has 55 heavy (non-hydrogen) atoms. The first-order valence-corrected chi connectivity index (χ1v) is 23.2. The summed E-state index contributed by atoms with van der Waals surface area (Å²) in [6, 6.07) is 63.2. The fourth-order valence-electron chi connectivity index (χ4n) is 8.90. The van der Waals surface area contributed by atoms with Crippen LogP contribution in [-0.4, -0.2) is 8.07 Å². The van der Waals surface area contributed by atoms with E-state index in [2.05, 4.69) is 220 Å². The Balaban J connectivity index is 1.28. The van der Waals surface area contributed by atoms with E-state index in [0.717, 1.165) is 23.5 Å². The van der Waals surface area contributed by atoms with Crippen LogP contribution in [0, 0.1) is 0 Å². The standard InChI is InChI=1S/C52H48N2Si/c1-7-36-26-28-39(29-27-36)54(48-32-33-50(55(4,5)6)43-24-16-14-22-41(43)48)49-35-47-51(44-25-17-15-23-42(44)49)45-31-30-40(34-46(45)52(47,2)3)53(37-18-10-8-11-19-37)38-20-12-9-13-21-38/h8-35H,7H2,1-6H3. The van der Waals surface area contributed by atoms with Crippen LogP contribution in [-0.2, 0) is 11.8 Å². The first-order chi connectivity index (χ1) is 26.6. The highest BCUT2D eigenvalue weighted by Crippen LogP contribution is 2.56. The van der Waals surface area contributed by atoms with Gasteiger partial charge in [-0.05, 0) is 106 Å². The number of benzene rings is 8. The topological polar surface area (TPSA) is 6.48 Å². The van der Waals surface area contributed by atoms with Gasteiger partial charge >= 0.3 is 0 Å². The molecule has 1 aliphatic rings. The number of hydrogen-bond donors (Lipinski definition) is 0. The molecule has 3 heteroatoms. The number of rotatable bonds is 8. The van der Waals surface area contributed by atoms with Gasteiger partial charge in [0.2, 0.25) is 0 Å². The molecule has 9 rings (SSSR count). The molecule has 0 N–H and O–H groups in total. The molecule has 0 amide bonds. The minimum Gasteiger partial charge on any atom is -0.310 e. The molecular formula is C52H48N2Si. The summed E-state index contributed by atoms with van der Waals surface area (Å²) in [5, 5.41) is 6.69. The van der Waals surface area contributed by atoms with Crippen molar-refractivity contribution in [3.05, 3.63) is 187 Å². The van der Waals surface area contributed by atoms with Crippen molar-refractivity contribution >= 4 is 68.9 Å². The predicted molar refractivity (Wildman–Crippen MR) is 241 cm³/mol. The van der Waals surface area contributed by atoms with E-state index in [-0.39, 0.29) is 5.41 Å². The Morgan fingerprint density at radius 3 is 1.58 bits per heavy atom. The molecule has 0 unspecified atom stereocenters. The maximum Gasteiger partial charge on any atom is 0.0784 e. The number of nitrogens with zero attached hydrogens (tertiary/aromatic N) is 2. The van der Waals surface area contributed by atoms with Gasteiger partial charge in [0.05, 0.1) is 19.4 Å². The molecule has 0 aromatic heterocycles. The van der Waals surface area contributed by atoms with Gasteiger partial charge in [-0.25, -0.2) is 0 Å². The van der Waals surface area contributed by atoms with E-state index >= 15 is 0 Å². The van der Waals surface area contributed by atoms with E-state index in [1.807, 2.05) is 0 Å². The summed E-state index contributed by atoms with van der Waals surface area (Å²) in [7, 11) is -1.62. The number of aryl methyl sites for hydroxylation is 1. The zero-order valence-corrected chi connectivity index (χ0v) is 33.8. The van der Waals surface area contributed by atoms with Crippen LogP contribution in [0.25, 0.3) is 32.7 Å². The Kier molecular flexibility index (Phi) is 8.51. The van der Waals surface area contributed by atoms with Crippen LogP contribution in [0.5, 0.6) is 0 Å². The van der Waals surface area contributed by atoms with Crippen LogP contribution in [0.3, 0.4) is 0 Å². The summed E-state index contributed by atoms with van der Waals surface area (Å²) in [5.41, 5.74) is 13.5. The molecule has 0 heterocycles. The zero-order valence-electron chi connectivity index (χ0n) is 32.8. The molecular weight excluding hydrogens is 681 g/mol. The van der Waals surface area contributed by atoms with Gasteiger partial charge in [-0.2, -0.15) is 0 Å². The predicted octanol–water partition coefficient (Wildman–Crippen LogP) is 14.3. The van der Waals surface area contributed by atoms with Crippen molar-refractivity contribution in [2.75, 3.05) is 9.80 Å². The Morgan fingerprint density at radius 1 is 0.455 bits per heavy atom. The van der Waals surface area contributed by atoms with E-state index in [1.165, 1.54) is 71.6 Å². The minimum absolute atomic E-state index is 0.250. The minimum atomic E-state index is -1.62. The SMILES string of the molecule is CCc1ccc(N(c2ccc([Si](C)(C)C)c3ccccc23)c2cc3c(c4ccccc24)-c2ccc(N(c4ccccc4)c4ccccc4)cc2C3(C)C)cc1. The van der Waals surface area contributed by atoms with Crippen LogP contribution < -0.4 is 15.0 Å². The second kappa shape index (κ2) is 13.4. The fraction of sp³-hybridized carbons (Fsp3) is 0.154. The highest BCUT2D eigenvalue weighted by molar-refractivity contribution is 6.90. The van der Waals surface area contributed by atoms with Gasteiger partial charge in [0.15, 0.2) is 0 Å². The molecule has 0 aliphatic heterocycles. The fourth-order valence-corrected chi connectivity index (χ4v) is 10.5. The van der Waals surface area contributed by atoms with E-state index < -0.39 is 8.07 Å². The quantitative estimate of drug-likeness (QED) is 0.144. The Morgan fingerprint density at radius 2 is 0.982 bits per heavy atom. The maximum absolute atomic E-state index is 2.54. The van der Waals surface area contributed by atoms with Crippen molar-refractivity contribution in [2.24, 2.45) is 0 Å². The van der Waals surface area contributed by atoms with E-state index in [0.29, 0.717) is 0 Å². The van der Waals surface area contributed by atoms with Gasteiger partial charge in [-0.3, -0.25) is 0 Å². The van der Waals surface area contributed by atoms with Crippen LogP contribution in [0.4, 0.5) is 34.1 Å². The Bertz CT molecular complexity index is 2650. The molecule has 0 saturated carbocycles.